The summed E-state index contributed by atoms with van der Waals surface area (Å²) in [5, 5.41) is 14.4. The van der Waals surface area contributed by atoms with Crippen LogP contribution in [0, 0.1) is 0 Å². The molecule has 1 amide bonds. The highest BCUT2D eigenvalue weighted by Crippen LogP contribution is 2.35. The van der Waals surface area contributed by atoms with Gasteiger partial charge in [-0.1, -0.05) is 12.1 Å². The lowest BCUT2D eigenvalue weighted by atomic mass is 9.95. The number of nitrogens with one attached hydrogen (secondary N) is 1. The third kappa shape index (κ3) is 2.90. The largest absolute Gasteiger partial charge is 0.545 e. The number of nitrogens with two attached hydrogens (primary N) is 1. The van der Waals surface area contributed by atoms with E-state index in [1.807, 2.05) is 0 Å². The van der Waals surface area contributed by atoms with E-state index in [-0.39, 0.29) is 11.5 Å². The van der Waals surface area contributed by atoms with Crippen molar-refractivity contribution < 1.29 is 14.7 Å². The Hall–Kier alpha value is -2.93. The SMILES string of the molecule is Nc1c(C(=O)Nc2ccc(C(=O)[O-])cc2)sc2nc3c(cc12)CCCC3. The number of aryl methyl sites for hydroxylation is 2. The first-order chi connectivity index (χ1) is 12.5. The molecule has 3 aromatic rings. The van der Waals surface area contributed by atoms with Crippen LogP contribution in [0.1, 0.15) is 44.1 Å². The molecule has 1 aromatic carbocycles. The molecule has 132 valence electrons. The van der Waals surface area contributed by atoms with Gasteiger partial charge in [-0.2, -0.15) is 0 Å². The maximum atomic E-state index is 12.6. The lowest BCUT2D eigenvalue weighted by Gasteiger charge is -2.14. The number of aromatic carboxylic acids is 1. The number of aromatic nitrogens is 1. The molecule has 0 radical (unpaired) electrons. The molecule has 7 heteroatoms. The molecule has 0 spiro atoms. The molecule has 0 unspecified atom stereocenters. The van der Waals surface area contributed by atoms with E-state index in [2.05, 4.69) is 11.4 Å². The van der Waals surface area contributed by atoms with Crippen molar-refractivity contribution in [3.8, 4) is 0 Å². The minimum absolute atomic E-state index is 0.0548. The molecule has 0 saturated heterocycles. The summed E-state index contributed by atoms with van der Waals surface area (Å²) in [6, 6.07) is 7.87. The van der Waals surface area contributed by atoms with Crippen molar-refractivity contribution >= 4 is 44.8 Å². The van der Waals surface area contributed by atoms with E-state index in [0.29, 0.717) is 16.3 Å². The zero-order valence-electron chi connectivity index (χ0n) is 13.9. The third-order valence-corrected chi connectivity index (χ3v) is 5.70. The highest BCUT2D eigenvalue weighted by molar-refractivity contribution is 7.21. The van der Waals surface area contributed by atoms with Gasteiger partial charge < -0.3 is 21.0 Å². The second kappa shape index (κ2) is 6.42. The molecule has 0 bridgehead atoms. The summed E-state index contributed by atoms with van der Waals surface area (Å²) in [5.41, 5.74) is 9.53. The van der Waals surface area contributed by atoms with Crippen LogP contribution in [0.25, 0.3) is 10.2 Å². The predicted octanol–water partition coefficient (Wildman–Crippen LogP) is 2.37. The molecule has 0 atom stereocenters. The maximum absolute atomic E-state index is 12.6. The molecule has 0 fully saturated rings. The Balaban J connectivity index is 1.64. The van der Waals surface area contributed by atoms with Gasteiger partial charge in [0.05, 0.1) is 11.7 Å². The Kier molecular flexibility index (Phi) is 4.08. The number of carbonyl (C=O) groups excluding carboxylic acids is 2. The Morgan fingerprint density at radius 3 is 2.62 bits per heavy atom. The van der Waals surface area contributed by atoms with Crippen molar-refractivity contribution in [2.24, 2.45) is 0 Å². The Morgan fingerprint density at radius 2 is 1.88 bits per heavy atom. The number of benzene rings is 1. The summed E-state index contributed by atoms with van der Waals surface area (Å²) >= 11 is 1.28. The van der Waals surface area contributed by atoms with E-state index in [9.17, 15) is 14.7 Å². The summed E-state index contributed by atoms with van der Waals surface area (Å²) in [5.74, 6) is -1.59. The van der Waals surface area contributed by atoms with E-state index >= 15 is 0 Å². The monoisotopic (exact) mass is 366 g/mol. The quantitative estimate of drug-likeness (QED) is 0.740. The number of carbonyl (C=O) groups is 2. The number of amides is 1. The number of hydrogen-bond donors (Lipinski definition) is 2. The predicted molar refractivity (Wildman–Crippen MR) is 99.4 cm³/mol. The fraction of sp³-hybridized carbons (Fsp3) is 0.211. The second-order valence-electron chi connectivity index (χ2n) is 6.32. The number of carboxylic acids is 1. The molecular formula is C19H16N3O3S-. The van der Waals surface area contributed by atoms with E-state index in [4.69, 9.17) is 10.7 Å². The van der Waals surface area contributed by atoms with Gasteiger partial charge in [0.25, 0.3) is 5.91 Å². The molecular weight excluding hydrogens is 350 g/mol. The first-order valence-electron chi connectivity index (χ1n) is 8.36. The fourth-order valence-corrected chi connectivity index (χ4v) is 4.20. The number of pyridine rings is 1. The minimum atomic E-state index is -1.26. The zero-order chi connectivity index (χ0) is 18.3. The second-order valence-corrected chi connectivity index (χ2v) is 7.32. The van der Waals surface area contributed by atoms with Gasteiger partial charge in [0.2, 0.25) is 0 Å². The summed E-state index contributed by atoms with van der Waals surface area (Å²) in [6.07, 6.45) is 4.26. The van der Waals surface area contributed by atoms with Gasteiger partial charge in [0, 0.05) is 16.8 Å². The van der Waals surface area contributed by atoms with Crippen LogP contribution in [0.2, 0.25) is 0 Å². The highest BCUT2D eigenvalue weighted by atomic mass is 32.1. The topological polar surface area (TPSA) is 108 Å². The molecule has 1 aliphatic carbocycles. The number of carboxylic acid groups (broad SMARTS) is 1. The average Bonchev–Trinajstić information content (AvgIpc) is 2.96. The van der Waals surface area contributed by atoms with Crippen LogP contribution in [0.4, 0.5) is 11.4 Å². The van der Waals surface area contributed by atoms with Crippen LogP contribution in [-0.2, 0) is 12.8 Å². The molecule has 2 heterocycles. The first kappa shape index (κ1) is 16.5. The van der Waals surface area contributed by atoms with Gasteiger partial charge in [-0.15, -0.1) is 11.3 Å². The van der Waals surface area contributed by atoms with E-state index in [1.165, 1.54) is 41.2 Å². The summed E-state index contributed by atoms with van der Waals surface area (Å²) in [7, 11) is 0. The molecule has 26 heavy (non-hydrogen) atoms. The van der Waals surface area contributed by atoms with Crippen LogP contribution >= 0.6 is 11.3 Å². The van der Waals surface area contributed by atoms with Crippen molar-refractivity contribution in [1.82, 2.24) is 4.98 Å². The normalized spacial score (nSPS) is 13.4. The van der Waals surface area contributed by atoms with Crippen molar-refractivity contribution in [1.29, 1.82) is 0 Å². The Labute approximate surface area is 153 Å². The Bertz CT molecular complexity index is 1020. The molecule has 6 nitrogen and oxygen atoms in total. The van der Waals surface area contributed by atoms with Gasteiger partial charge in [0.1, 0.15) is 9.71 Å². The van der Waals surface area contributed by atoms with Crippen LogP contribution in [-0.4, -0.2) is 16.9 Å². The van der Waals surface area contributed by atoms with Gasteiger partial charge >= 0.3 is 0 Å². The molecule has 2 aromatic heterocycles. The molecule has 0 saturated carbocycles. The number of thiophene rings is 1. The van der Waals surface area contributed by atoms with Gasteiger partial charge in [-0.05, 0) is 55.0 Å². The molecule has 0 aliphatic heterocycles. The molecule has 3 N–H and O–H groups in total. The minimum Gasteiger partial charge on any atom is -0.545 e. The maximum Gasteiger partial charge on any atom is 0.267 e. The van der Waals surface area contributed by atoms with Crippen molar-refractivity contribution in [2.75, 3.05) is 11.1 Å². The average molecular weight is 366 g/mol. The zero-order valence-corrected chi connectivity index (χ0v) is 14.7. The number of fused-ring (bicyclic) bond motifs is 2. The van der Waals surface area contributed by atoms with Crippen LogP contribution in [0.15, 0.2) is 30.3 Å². The van der Waals surface area contributed by atoms with Crippen LogP contribution in [0.5, 0.6) is 0 Å². The van der Waals surface area contributed by atoms with E-state index in [0.717, 1.165) is 41.6 Å². The van der Waals surface area contributed by atoms with E-state index in [1.54, 1.807) is 0 Å². The van der Waals surface area contributed by atoms with Crippen molar-refractivity contribution in [2.45, 2.75) is 25.7 Å². The van der Waals surface area contributed by atoms with Gasteiger partial charge in [-0.3, -0.25) is 4.79 Å². The smallest absolute Gasteiger partial charge is 0.267 e. The summed E-state index contributed by atoms with van der Waals surface area (Å²) in [6.45, 7) is 0. The first-order valence-corrected chi connectivity index (χ1v) is 9.18. The summed E-state index contributed by atoms with van der Waals surface area (Å²) < 4.78 is 0. The number of rotatable bonds is 3. The number of hydrogen-bond acceptors (Lipinski definition) is 6. The standard InChI is InChI=1S/C19H17N3O3S/c20-15-13-9-11-3-1-2-4-14(11)22-18(13)26-16(15)17(23)21-12-7-5-10(6-8-12)19(24)25/h5-9H,1-4,20H2,(H,21,23)(H,24,25)/p-1. The van der Waals surface area contributed by atoms with Crippen LogP contribution < -0.4 is 16.2 Å². The number of anilines is 2. The third-order valence-electron chi connectivity index (χ3n) is 4.58. The number of nitrogens with zero attached hydrogens (tertiary/aromatic N) is 1. The summed E-state index contributed by atoms with van der Waals surface area (Å²) in [4.78, 5) is 29.3. The van der Waals surface area contributed by atoms with Gasteiger partial charge in [-0.25, -0.2) is 4.98 Å². The van der Waals surface area contributed by atoms with Gasteiger partial charge in [0.15, 0.2) is 0 Å². The molecule has 4 rings (SSSR count). The Morgan fingerprint density at radius 1 is 1.15 bits per heavy atom. The van der Waals surface area contributed by atoms with Crippen LogP contribution in [0.3, 0.4) is 0 Å². The highest BCUT2D eigenvalue weighted by Gasteiger charge is 2.20. The van der Waals surface area contributed by atoms with Crippen molar-refractivity contribution in [3.63, 3.8) is 0 Å². The van der Waals surface area contributed by atoms with Crippen molar-refractivity contribution in [3.05, 3.63) is 52.0 Å². The van der Waals surface area contributed by atoms with E-state index < -0.39 is 5.97 Å². The number of nitrogen functional groups attached to an aromatic ring is 1. The fourth-order valence-electron chi connectivity index (χ4n) is 3.21. The lowest BCUT2D eigenvalue weighted by molar-refractivity contribution is -0.255. The molecule has 1 aliphatic rings. The lowest BCUT2D eigenvalue weighted by Crippen LogP contribution is -2.22.